The monoisotopic (exact) mass is 306 g/mol. The van der Waals surface area contributed by atoms with Crippen molar-refractivity contribution in [1.82, 2.24) is 0 Å². The first-order chi connectivity index (χ1) is 9.54. The molecule has 0 saturated heterocycles. The van der Waals surface area contributed by atoms with E-state index in [4.69, 9.17) is 21.4 Å². The highest BCUT2D eigenvalue weighted by Crippen LogP contribution is 2.48. The minimum absolute atomic E-state index is 0.535. The Kier molecular flexibility index (Phi) is 3.36. The molecule has 0 fully saturated rings. The van der Waals surface area contributed by atoms with E-state index in [1.54, 1.807) is 36.9 Å². The fourth-order valence-electron chi connectivity index (χ4n) is 1.98. The van der Waals surface area contributed by atoms with Gasteiger partial charge in [-0.15, -0.1) is 0 Å². The van der Waals surface area contributed by atoms with E-state index >= 15 is 0 Å². The van der Waals surface area contributed by atoms with Crippen molar-refractivity contribution in [2.45, 2.75) is 22.6 Å². The summed E-state index contributed by atoms with van der Waals surface area (Å²) in [6, 6.07) is 11.0. The lowest BCUT2D eigenvalue weighted by Crippen LogP contribution is -2.07. The molecule has 3 rings (SSSR count). The minimum Gasteiger partial charge on any atom is -0.481 e. The van der Waals surface area contributed by atoms with Gasteiger partial charge in [0.1, 0.15) is 11.5 Å². The van der Waals surface area contributed by atoms with Gasteiger partial charge in [-0.25, -0.2) is 0 Å². The van der Waals surface area contributed by atoms with Crippen LogP contribution in [-0.2, 0) is 4.79 Å². The molecule has 3 nitrogen and oxygen atoms in total. The molecular formula is C15H11ClO3S. The van der Waals surface area contributed by atoms with Gasteiger partial charge in [-0.3, -0.25) is 4.79 Å². The smallest absolute Gasteiger partial charge is 0.310 e. The number of rotatable bonds is 2. The van der Waals surface area contributed by atoms with Gasteiger partial charge in [-0.1, -0.05) is 29.4 Å². The van der Waals surface area contributed by atoms with Crippen LogP contribution in [0.5, 0.6) is 11.5 Å². The Balaban J connectivity index is 1.98. The molecule has 0 radical (unpaired) electrons. The molecule has 2 aromatic rings. The summed E-state index contributed by atoms with van der Waals surface area (Å²) in [7, 11) is 0. The summed E-state index contributed by atoms with van der Waals surface area (Å²) in [5.41, 5.74) is 0.768. The number of hydrogen-bond acceptors (Lipinski definition) is 3. The largest absolute Gasteiger partial charge is 0.481 e. The van der Waals surface area contributed by atoms with E-state index in [2.05, 4.69) is 0 Å². The quantitative estimate of drug-likeness (QED) is 0.739. The van der Waals surface area contributed by atoms with Gasteiger partial charge in [0.05, 0.1) is 15.7 Å². The molecule has 2 aromatic carbocycles. The van der Waals surface area contributed by atoms with E-state index in [1.807, 2.05) is 18.2 Å². The van der Waals surface area contributed by atoms with Crippen molar-refractivity contribution in [2.75, 3.05) is 0 Å². The van der Waals surface area contributed by atoms with Crippen LogP contribution in [0.25, 0.3) is 0 Å². The minimum atomic E-state index is -0.834. The van der Waals surface area contributed by atoms with Gasteiger partial charge in [-0.2, -0.15) is 0 Å². The Morgan fingerprint density at radius 3 is 2.75 bits per heavy atom. The third-order valence-electron chi connectivity index (χ3n) is 3.18. The SMILES string of the molecule is CC(C(=O)O)c1ccc2c(c1)Sc1ccc(Cl)cc1O2. The molecule has 0 aliphatic carbocycles. The van der Waals surface area contributed by atoms with Crippen LogP contribution in [-0.4, -0.2) is 11.1 Å². The number of benzene rings is 2. The average Bonchev–Trinajstić information content (AvgIpc) is 2.43. The number of carbonyl (C=O) groups is 1. The van der Waals surface area contributed by atoms with E-state index < -0.39 is 11.9 Å². The fraction of sp³-hybridized carbons (Fsp3) is 0.133. The standard InChI is InChI=1S/C15H11ClO3S/c1-8(15(17)18)9-2-4-11-14(6-9)20-13-5-3-10(16)7-12(13)19-11/h2-8H,1H3,(H,17,18). The van der Waals surface area contributed by atoms with E-state index in [9.17, 15) is 4.79 Å². The molecule has 1 aliphatic heterocycles. The second-order valence-electron chi connectivity index (χ2n) is 4.56. The zero-order chi connectivity index (χ0) is 14.3. The van der Waals surface area contributed by atoms with Crippen molar-refractivity contribution in [1.29, 1.82) is 0 Å². The van der Waals surface area contributed by atoms with Gasteiger partial charge in [0.15, 0.2) is 0 Å². The molecule has 0 spiro atoms. The van der Waals surface area contributed by atoms with Gasteiger partial charge in [0, 0.05) is 11.1 Å². The van der Waals surface area contributed by atoms with Crippen molar-refractivity contribution in [3.8, 4) is 11.5 Å². The lowest BCUT2D eigenvalue weighted by molar-refractivity contribution is -0.138. The van der Waals surface area contributed by atoms with Crippen LogP contribution in [0.2, 0.25) is 5.02 Å². The predicted molar refractivity (Wildman–Crippen MR) is 78.1 cm³/mol. The molecule has 1 N–H and O–H groups in total. The first kappa shape index (κ1) is 13.3. The Labute approximate surface area is 125 Å². The van der Waals surface area contributed by atoms with Crippen LogP contribution in [0.15, 0.2) is 46.2 Å². The number of carboxylic acids is 1. The van der Waals surface area contributed by atoms with Crippen LogP contribution in [0.4, 0.5) is 0 Å². The molecule has 1 atom stereocenters. The van der Waals surface area contributed by atoms with Gasteiger partial charge in [0.25, 0.3) is 0 Å². The third kappa shape index (κ3) is 2.37. The molecule has 5 heteroatoms. The third-order valence-corrected chi connectivity index (χ3v) is 4.52. The summed E-state index contributed by atoms with van der Waals surface area (Å²) in [6.45, 7) is 1.67. The highest BCUT2D eigenvalue weighted by molar-refractivity contribution is 7.99. The van der Waals surface area contributed by atoms with Gasteiger partial charge in [0.2, 0.25) is 0 Å². The van der Waals surface area contributed by atoms with Gasteiger partial charge in [-0.05, 0) is 36.8 Å². The summed E-state index contributed by atoms with van der Waals surface area (Å²) in [5.74, 6) is 0.0894. The summed E-state index contributed by atoms with van der Waals surface area (Å²) < 4.78 is 5.80. The summed E-state index contributed by atoms with van der Waals surface area (Å²) >= 11 is 7.51. The van der Waals surface area contributed by atoms with Crippen molar-refractivity contribution in [3.63, 3.8) is 0 Å². The molecule has 1 aliphatic rings. The van der Waals surface area contributed by atoms with E-state index in [0.717, 1.165) is 26.9 Å². The lowest BCUT2D eigenvalue weighted by atomic mass is 10.0. The zero-order valence-electron chi connectivity index (χ0n) is 10.6. The summed E-state index contributed by atoms with van der Waals surface area (Å²) in [5, 5.41) is 9.70. The number of ether oxygens (including phenoxy) is 1. The van der Waals surface area contributed by atoms with Crippen molar-refractivity contribution in [2.24, 2.45) is 0 Å². The first-order valence-electron chi connectivity index (χ1n) is 6.06. The van der Waals surface area contributed by atoms with Crippen LogP contribution >= 0.6 is 23.4 Å². The van der Waals surface area contributed by atoms with Crippen LogP contribution in [0.1, 0.15) is 18.4 Å². The Hall–Kier alpha value is -1.65. The number of hydrogen-bond donors (Lipinski definition) is 1. The maximum Gasteiger partial charge on any atom is 0.310 e. The van der Waals surface area contributed by atoms with E-state index in [-0.39, 0.29) is 0 Å². The maximum absolute atomic E-state index is 11.1. The van der Waals surface area contributed by atoms with Gasteiger partial charge >= 0.3 is 5.97 Å². The highest BCUT2D eigenvalue weighted by Gasteiger charge is 2.21. The number of aliphatic carboxylic acids is 1. The summed E-state index contributed by atoms with van der Waals surface area (Å²) in [6.07, 6.45) is 0. The molecule has 0 bridgehead atoms. The molecule has 102 valence electrons. The number of fused-ring (bicyclic) bond motifs is 2. The Morgan fingerprint density at radius 2 is 2.00 bits per heavy atom. The Morgan fingerprint density at radius 1 is 1.20 bits per heavy atom. The lowest BCUT2D eigenvalue weighted by Gasteiger charge is -2.21. The molecule has 0 amide bonds. The van der Waals surface area contributed by atoms with Crippen molar-refractivity contribution in [3.05, 3.63) is 47.0 Å². The zero-order valence-corrected chi connectivity index (χ0v) is 12.2. The van der Waals surface area contributed by atoms with Crippen molar-refractivity contribution < 1.29 is 14.6 Å². The Bertz CT molecular complexity index is 700. The first-order valence-corrected chi connectivity index (χ1v) is 7.26. The van der Waals surface area contributed by atoms with Crippen molar-refractivity contribution >= 4 is 29.3 Å². The van der Waals surface area contributed by atoms with E-state index in [0.29, 0.717) is 5.02 Å². The predicted octanol–water partition coefficient (Wildman–Crippen LogP) is 4.79. The second kappa shape index (κ2) is 5.04. The fourth-order valence-corrected chi connectivity index (χ4v) is 3.13. The molecular weight excluding hydrogens is 296 g/mol. The second-order valence-corrected chi connectivity index (χ2v) is 6.08. The van der Waals surface area contributed by atoms with E-state index in [1.165, 1.54) is 0 Å². The number of halogens is 1. The van der Waals surface area contributed by atoms with Crippen LogP contribution < -0.4 is 4.74 Å². The maximum atomic E-state index is 11.1. The average molecular weight is 307 g/mol. The molecule has 1 heterocycles. The molecule has 0 aromatic heterocycles. The van der Waals surface area contributed by atoms with Crippen LogP contribution in [0, 0.1) is 0 Å². The number of carboxylic acid groups (broad SMARTS) is 1. The summed E-state index contributed by atoms with van der Waals surface area (Å²) in [4.78, 5) is 12.9. The van der Waals surface area contributed by atoms with Crippen LogP contribution in [0.3, 0.4) is 0 Å². The normalized spacial score (nSPS) is 13.9. The molecule has 20 heavy (non-hydrogen) atoms. The topological polar surface area (TPSA) is 46.5 Å². The molecule has 1 unspecified atom stereocenters. The highest BCUT2D eigenvalue weighted by atomic mass is 35.5. The molecule has 0 saturated carbocycles. The van der Waals surface area contributed by atoms with Gasteiger partial charge < -0.3 is 9.84 Å².